The molecule has 0 aliphatic heterocycles. The van der Waals surface area contributed by atoms with Gasteiger partial charge in [0.2, 0.25) is 0 Å². The Morgan fingerprint density at radius 2 is 1.57 bits per heavy atom. The van der Waals surface area contributed by atoms with Crippen molar-refractivity contribution in [2.24, 2.45) is 0 Å². The summed E-state index contributed by atoms with van der Waals surface area (Å²) < 4.78 is 10.5. The number of nitrogens with one attached hydrogen (secondary N) is 1. The third kappa shape index (κ3) is 3.75. The van der Waals surface area contributed by atoms with E-state index in [1.54, 1.807) is 26.4 Å². The van der Waals surface area contributed by atoms with Gasteiger partial charge in [0.25, 0.3) is 5.91 Å². The molecule has 4 nitrogen and oxygen atoms in total. The lowest BCUT2D eigenvalue weighted by Gasteiger charge is -2.10. The number of carbonyl (C=O) groups is 1. The van der Waals surface area contributed by atoms with E-state index in [0.717, 1.165) is 11.3 Å². The van der Waals surface area contributed by atoms with E-state index in [1.165, 1.54) is 0 Å². The second-order valence-electron chi connectivity index (χ2n) is 4.52. The second-order valence-corrected chi connectivity index (χ2v) is 4.52. The van der Waals surface area contributed by atoms with Crippen molar-refractivity contribution in [1.82, 2.24) is 5.32 Å². The zero-order valence-electron chi connectivity index (χ0n) is 12.3. The Labute approximate surface area is 124 Å². The van der Waals surface area contributed by atoms with Crippen LogP contribution >= 0.6 is 0 Å². The van der Waals surface area contributed by atoms with E-state index in [4.69, 9.17) is 9.47 Å². The molecule has 110 valence electrons. The summed E-state index contributed by atoms with van der Waals surface area (Å²) in [5.74, 6) is 1.28. The number of para-hydroxylation sites is 2. The van der Waals surface area contributed by atoms with E-state index in [2.05, 4.69) is 5.32 Å². The smallest absolute Gasteiger partial charge is 0.255 e. The highest BCUT2D eigenvalue weighted by Gasteiger charge is 2.11. The highest BCUT2D eigenvalue weighted by molar-refractivity contribution is 5.96. The van der Waals surface area contributed by atoms with Crippen LogP contribution in [0.3, 0.4) is 0 Å². The highest BCUT2D eigenvalue weighted by Crippen LogP contribution is 2.18. The fourth-order valence-electron chi connectivity index (χ4n) is 2.15. The van der Waals surface area contributed by atoms with E-state index in [-0.39, 0.29) is 5.91 Å². The summed E-state index contributed by atoms with van der Waals surface area (Å²) in [4.78, 5) is 12.1. The molecule has 2 aromatic rings. The predicted molar refractivity (Wildman–Crippen MR) is 82.0 cm³/mol. The molecule has 0 fully saturated rings. The average Bonchev–Trinajstić information content (AvgIpc) is 2.55. The molecule has 0 aliphatic rings. The van der Waals surface area contributed by atoms with Crippen LogP contribution in [0.15, 0.2) is 48.5 Å². The molecular weight excluding hydrogens is 266 g/mol. The Balaban J connectivity index is 1.95. The number of methoxy groups -OCH3 is 2. The Morgan fingerprint density at radius 1 is 0.952 bits per heavy atom. The molecule has 0 bridgehead atoms. The number of ether oxygens (including phenoxy) is 2. The van der Waals surface area contributed by atoms with Crippen LogP contribution in [-0.2, 0) is 6.42 Å². The second kappa shape index (κ2) is 7.33. The molecule has 0 radical (unpaired) electrons. The highest BCUT2D eigenvalue weighted by atomic mass is 16.5. The van der Waals surface area contributed by atoms with Crippen molar-refractivity contribution in [3.05, 3.63) is 59.7 Å². The minimum absolute atomic E-state index is 0.137. The first kappa shape index (κ1) is 14.9. The summed E-state index contributed by atoms with van der Waals surface area (Å²) in [7, 11) is 3.20. The Morgan fingerprint density at radius 3 is 2.29 bits per heavy atom. The van der Waals surface area contributed by atoms with Crippen molar-refractivity contribution in [3.63, 3.8) is 0 Å². The Kier molecular flexibility index (Phi) is 5.21. The van der Waals surface area contributed by atoms with Crippen LogP contribution in [0.2, 0.25) is 0 Å². The maximum atomic E-state index is 12.1. The number of carbonyl (C=O) groups excluding carboxylic acids is 1. The summed E-state index contributed by atoms with van der Waals surface area (Å²) in [6.45, 7) is 0.539. The van der Waals surface area contributed by atoms with E-state index >= 15 is 0 Å². The zero-order valence-corrected chi connectivity index (χ0v) is 12.3. The summed E-state index contributed by atoms with van der Waals surface area (Å²) in [5, 5.41) is 2.90. The summed E-state index contributed by atoms with van der Waals surface area (Å²) in [6, 6.07) is 15.0. The number of amides is 1. The van der Waals surface area contributed by atoms with Crippen LogP contribution in [0.4, 0.5) is 0 Å². The Bertz CT molecular complexity index is 610. The predicted octanol–water partition coefficient (Wildman–Crippen LogP) is 2.68. The number of benzene rings is 2. The standard InChI is InChI=1S/C17H19NO3/c1-20-15-9-5-3-7-13(15)11-12-18-17(19)14-8-4-6-10-16(14)21-2/h3-10H,11-12H2,1-2H3,(H,18,19). The first-order valence-electron chi connectivity index (χ1n) is 6.79. The topological polar surface area (TPSA) is 47.6 Å². The molecule has 0 aromatic heterocycles. The van der Waals surface area contributed by atoms with Crippen molar-refractivity contribution in [3.8, 4) is 11.5 Å². The van der Waals surface area contributed by atoms with Crippen molar-refractivity contribution in [2.75, 3.05) is 20.8 Å². The lowest BCUT2D eigenvalue weighted by atomic mass is 10.1. The van der Waals surface area contributed by atoms with Gasteiger partial charge in [0.15, 0.2) is 0 Å². The fraction of sp³-hybridized carbons (Fsp3) is 0.235. The molecule has 2 aromatic carbocycles. The van der Waals surface area contributed by atoms with Gasteiger partial charge in [-0.05, 0) is 30.2 Å². The third-order valence-corrected chi connectivity index (χ3v) is 3.22. The molecule has 0 spiro atoms. The van der Waals surface area contributed by atoms with Gasteiger partial charge in [-0.1, -0.05) is 30.3 Å². The van der Waals surface area contributed by atoms with Crippen LogP contribution < -0.4 is 14.8 Å². The van der Waals surface area contributed by atoms with Gasteiger partial charge in [-0.15, -0.1) is 0 Å². The number of hydrogen-bond donors (Lipinski definition) is 1. The maximum absolute atomic E-state index is 12.1. The summed E-state index contributed by atoms with van der Waals surface area (Å²) in [5.41, 5.74) is 1.61. The van der Waals surface area contributed by atoms with Crippen LogP contribution in [-0.4, -0.2) is 26.7 Å². The van der Waals surface area contributed by atoms with Gasteiger partial charge < -0.3 is 14.8 Å². The van der Waals surface area contributed by atoms with E-state index < -0.39 is 0 Å². The van der Waals surface area contributed by atoms with Gasteiger partial charge in [0, 0.05) is 6.54 Å². The van der Waals surface area contributed by atoms with E-state index in [0.29, 0.717) is 24.3 Å². The van der Waals surface area contributed by atoms with Gasteiger partial charge in [0.1, 0.15) is 11.5 Å². The van der Waals surface area contributed by atoms with Crippen LogP contribution in [0.5, 0.6) is 11.5 Å². The SMILES string of the molecule is COc1ccccc1CCNC(=O)c1ccccc1OC. The van der Waals surface area contributed by atoms with Crippen molar-refractivity contribution in [2.45, 2.75) is 6.42 Å². The van der Waals surface area contributed by atoms with Crippen LogP contribution in [0, 0.1) is 0 Å². The van der Waals surface area contributed by atoms with Gasteiger partial charge in [-0.25, -0.2) is 0 Å². The molecule has 0 saturated heterocycles. The quantitative estimate of drug-likeness (QED) is 0.887. The van der Waals surface area contributed by atoms with Gasteiger partial charge >= 0.3 is 0 Å². The molecule has 4 heteroatoms. The van der Waals surface area contributed by atoms with Crippen molar-refractivity contribution < 1.29 is 14.3 Å². The maximum Gasteiger partial charge on any atom is 0.255 e. The summed E-state index contributed by atoms with van der Waals surface area (Å²) in [6.07, 6.45) is 0.713. The molecule has 0 aliphatic carbocycles. The van der Waals surface area contributed by atoms with E-state index in [9.17, 15) is 4.79 Å². The largest absolute Gasteiger partial charge is 0.496 e. The first-order valence-corrected chi connectivity index (χ1v) is 6.79. The summed E-state index contributed by atoms with van der Waals surface area (Å²) >= 11 is 0. The van der Waals surface area contributed by atoms with E-state index in [1.807, 2.05) is 36.4 Å². The van der Waals surface area contributed by atoms with Gasteiger partial charge in [-0.2, -0.15) is 0 Å². The van der Waals surface area contributed by atoms with Crippen molar-refractivity contribution >= 4 is 5.91 Å². The monoisotopic (exact) mass is 285 g/mol. The number of hydrogen-bond acceptors (Lipinski definition) is 3. The van der Waals surface area contributed by atoms with Crippen LogP contribution in [0.25, 0.3) is 0 Å². The lowest BCUT2D eigenvalue weighted by molar-refractivity contribution is 0.0951. The first-order chi connectivity index (χ1) is 10.3. The van der Waals surface area contributed by atoms with Crippen LogP contribution in [0.1, 0.15) is 15.9 Å². The molecule has 2 rings (SSSR count). The minimum atomic E-state index is -0.137. The molecular formula is C17H19NO3. The molecule has 1 amide bonds. The third-order valence-electron chi connectivity index (χ3n) is 3.22. The Hall–Kier alpha value is -2.49. The molecule has 0 heterocycles. The molecule has 1 N–H and O–H groups in total. The van der Waals surface area contributed by atoms with Gasteiger partial charge in [0.05, 0.1) is 19.8 Å². The molecule has 0 atom stereocenters. The molecule has 0 saturated carbocycles. The van der Waals surface area contributed by atoms with Gasteiger partial charge in [-0.3, -0.25) is 4.79 Å². The lowest BCUT2D eigenvalue weighted by Crippen LogP contribution is -2.26. The number of rotatable bonds is 6. The fourth-order valence-corrected chi connectivity index (χ4v) is 2.15. The van der Waals surface area contributed by atoms with Crippen molar-refractivity contribution in [1.29, 1.82) is 0 Å². The molecule has 0 unspecified atom stereocenters. The zero-order chi connectivity index (χ0) is 15.1. The average molecular weight is 285 g/mol. The minimum Gasteiger partial charge on any atom is -0.496 e. The normalized spacial score (nSPS) is 10.0. The molecule has 21 heavy (non-hydrogen) atoms.